The molecule has 12 nitrogen and oxygen atoms in total. The molecule has 276 valence electrons. The molecule has 0 spiro atoms. The van der Waals surface area contributed by atoms with Crippen molar-refractivity contribution < 1.29 is 46.3 Å². The van der Waals surface area contributed by atoms with Gasteiger partial charge in [-0.1, -0.05) is 30.3 Å². The smallest absolute Gasteiger partial charge is 0.335 e. The molecule has 1 aliphatic carbocycles. The summed E-state index contributed by atoms with van der Waals surface area (Å²) >= 11 is 1.45. The number of amides is 2. The fourth-order valence-electron chi connectivity index (χ4n) is 5.63. The van der Waals surface area contributed by atoms with Crippen molar-refractivity contribution in [2.45, 2.75) is 38.5 Å². The van der Waals surface area contributed by atoms with Crippen LogP contribution in [0.5, 0.6) is 5.75 Å². The lowest BCUT2D eigenvalue weighted by molar-refractivity contribution is 0.0280. The van der Waals surface area contributed by atoms with E-state index in [0.29, 0.717) is 34.2 Å². The average Bonchev–Trinajstić information content (AvgIpc) is 3.50. The van der Waals surface area contributed by atoms with Crippen LogP contribution in [-0.4, -0.2) is 77.2 Å². The van der Waals surface area contributed by atoms with Gasteiger partial charge >= 0.3 is 5.97 Å². The van der Waals surface area contributed by atoms with Gasteiger partial charge in [0.1, 0.15) is 17.4 Å². The molecule has 1 aliphatic rings. The molecule has 3 aromatic carbocycles. The zero-order valence-electron chi connectivity index (χ0n) is 28.9. The Hall–Kier alpha value is -4.60. The number of benzene rings is 3. The molecule has 52 heavy (non-hydrogen) atoms. The number of carbonyl (C=O) groups excluding carboxylic acids is 2. The van der Waals surface area contributed by atoms with E-state index in [0.717, 1.165) is 66.3 Å². The normalized spacial score (nSPS) is 12.6. The first-order chi connectivity index (χ1) is 25.1. The quantitative estimate of drug-likeness (QED) is 0.0764. The third-order valence-corrected chi connectivity index (χ3v) is 10.0. The van der Waals surface area contributed by atoms with Gasteiger partial charge in [0.15, 0.2) is 0 Å². The first-order valence-corrected chi connectivity index (χ1v) is 19.6. The monoisotopic (exact) mass is 750 g/mol. The highest BCUT2D eigenvalue weighted by molar-refractivity contribution is 7.85. The van der Waals surface area contributed by atoms with Crippen LogP contribution in [0, 0.1) is 0 Å². The molecule has 0 unspecified atom stereocenters. The van der Waals surface area contributed by atoms with Gasteiger partial charge in [-0.05, 0) is 97.7 Å². The molecule has 0 aliphatic heterocycles. The molecule has 14 heteroatoms. The van der Waals surface area contributed by atoms with Gasteiger partial charge < -0.3 is 30.0 Å². The predicted molar refractivity (Wildman–Crippen MR) is 198 cm³/mol. The second-order valence-electron chi connectivity index (χ2n) is 12.1. The highest BCUT2D eigenvalue weighted by Crippen LogP contribution is 2.39. The van der Waals surface area contributed by atoms with Gasteiger partial charge in [0.05, 0.1) is 50.4 Å². The van der Waals surface area contributed by atoms with Crippen molar-refractivity contribution in [2.75, 3.05) is 56.5 Å². The van der Waals surface area contributed by atoms with E-state index in [2.05, 4.69) is 14.8 Å². The maximum absolute atomic E-state index is 13.7. The average molecular weight is 751 g/mol. The lowest BCUT2D eigenvalue weighted by Crippen LogP contribution is -2.18. The van der Waals surface area contributed by atoms with Crippen LogP contribution in [0.2, 0.25) is 0 Å². The molecule has 1 aromatic heterocycles. The van der Waals surface area contributed by atoms with Crippen LogP contribution in [-0.2, 0) is 49.5 Å². The standard InChI is InChI=1S/C38H42N2O10S2/c1-52(45,46)50-24-22-48-20-19-47-21-23-49-31-6-4-5-29(25-31)35(41)40-37-34(32-7-2-3-8-33(32)51-37)36(42)39-30-17-13-27(14-18-30)10-9-26-11-15-28(16-12-26)38(43)44/h4-6,11-18,25H,2-3,7-10,19-24H2,1H3,(H,39,42)(H,40,41)(H,43,44). The van der Waals surface area contributed by atoms with Gasteiger partial charge in [-0.25, -0.2) is 4.79 Å². The van der Waals surface area contributed by atoms with Crippen LogP contribution in [0.3, 0.4) is 0 Å². The molecule has 0 saturated heterocycles. The Labute approximate surface area is 307 Å². The number of ether oxygens (including phenoxy) is 3. The van der Waals surface area contributed by atoms with Crippen molar-refractivity contribution in [1.82, 2.24) is 0 Å². The van der Waals surface area contributed by atoms with Gasteiger partial charge in [0.25, 0.3) is 21.9 Å². The Morgan fingerprint density at radius 2 is 1.38 bits per heavy atom. The van der Waals surface area contributed by atoms with E-state index in [1.807, 2.05) is 36.4 Å². The Kier molecular flexibility index (Phi) is 13.9. The van der Waals surface area contributed by atoms with Crippen LogP contribution in [0.25, 0.3) is 0 Å². The van der Waals surface area contributed by atoms with E-state index in [1.54, 1.807) is 36.4 Å². The summed E-state index contributed by atoms with van der Waals surface area (Å²) in [4.78, 5) is 39.4. The number of carboxylic acids is 1. The molecule has 0 radical (unpaired) electrons. The number of carboxylic acid groups (broad SMARTS) is 1. The van der Waals surface area contributed by atoms with E-state index in [-0.39, 0.29) is 50.4 Å². The van der Waals surface area contributed by atoms with Crippen molar-refractivity contribution >= 4 is 49.9 Å². The second kappa shape index (κ2) is 18.8. The minimum absolute atomic E-state index is 0.0528. The van der Waals surface area contributed by atoms with Crippen molar-refractivity contribution in [3.05, 3.63) is 111 Å². The van der Waals surface area contributed by atoms with Gasteiger partial charge in [-0.3, -0.25) is 13.8 Å². The number of aromatic carboxylic acids is 1. The summed E-state index contributed by atoms with van der Waals surface area (Å²) in [7, 11) is -3.49. The fourth-order valence-corrected chi connectivity index (χ4v) is 7.28. The number of rotatable bonds is 19. The first kappa shape index (κ1) is 38.6. The summed E-state index contributed by atoms with van der Waals surface area (Å²) in [6, 6.07) is 21.3. The van der Waals surface area contributed by atoms with E-state index in [4.69, 9.17) is 19.3 Å². The Bertz CT molecular complexity index is 1940. The van der Waals surface area contributed by atoms with Crippen LogP contribution < -0.4 is 15.4 Å². The lowest BCUT2D eigenvalue weighted by Gasteiger charge is -2.14. The summed E-state index contributed by atoms with van der Waals surface area (Å²) < 4.78 is 43.0. The fraction of sp³-hybridized carbons (Fsp3) is 0.342. The number of carbonyl (C=O) groups is 3. The number of thiophene rings is 1. The first-order valence-electron chi connectivity index (χ1n) is 17.0. The molecular weight excluding hydrogens is 709 g/mol. The topological polar surface area (TPSA) is 167 Å². The number of nitrogens with one attached hydrogen (secondary N) is 2. The van der Waals surface area contributed by atoms with Crippen molar-refractivity contribution in [3.8, 4) is 5.75 Å². The van der Waals surface area contributed by atoms with Crippen LogP contribution in [0.1, 0.15) is 65.5 Å². The SMILES string of the molecule is CS(=O)(=O)OCCOCCOCCOc1cccc(C(=O)Nc2sc3c(c2C(=O)Nc2ccc(CCc4ccc(C(=O)O)cc4)cc2)CCCC3)c1. The summed E-state index contributed by atoms with van der Waals surface area (Å²) in [6.07, 6.45) is 6.13. The molecule has 3 N–H and O–H groups in total. The summed E-state index contributed by atoms with van der Waals surface area (Å²) in [6.45, 7) is 1.18. The Balaban J connectivity index is 1.13. The Morgan fingerprint density at radius 1 is 0.750 bits per heavy atom. The van der Waals surface area contributed by atoms with Gasteiger partial charge in [0.2, 0.25) is 0 Å². The molecule has 4 aromatic rings. The highest BCUT2D eigenvalue weighted by atomic mass is 32.2. The Morgan fingerprint density at radius 3 is 2.06 bits per heavy atom. The number of fused-ring (bicyclic) bond motifs is 1. The molecule has 0 bridgehead atoms. The van der Waals surface area contributed by atoms with Gasteiger partial charge in [-0.2, -0.15) is 8.42 Å². The third kappa shape index (κ3) is 11.7. The van der Waals surface area contributed by atoms with E-state index in [9.17, 15) is 22.8 Å². The molecule has 2 amide bonds. The van der Waals surface area contributed by atoms with Crippen molar-refractivity contribution in [3.63, 3.8) is 0 Å². The van der Waals surface area contributed by atoms with Crippen LogP contribution in [0.4, 0.5) is 10.7 Å². The number of aryl methyl sites for hydroxylation is 3. The van der Waals surface area contributed by atoms with Gasteiger partial charge in [-0.15, -0.1) is 11.3 Å². The minimum Gasteiger partial charge on any atom is -0.491 e. The number of anilines is 2. The van der Waals surface area contributed by atoms with E-state index < -0.39 is 16.1 Å². The predicted octanol–water partition coefficient (Wildman–Crippen LogP) is 6.00. The minimum atomic E-state index is -3.49. The zero-order chi connectivity index (χ0) is 36.9. The molecule has 0 atom stereocenters. The zero-order valence-corrected chi connectivity index (χ0v) is 30.5. The summed E-state index contributed by atoms with van der Waals surface area (Å²) in [5, 5.41) is 15.6. The van der Waals surface area contributed by atoms with Gasteiger partial charge in [0, 0.05) is 16.1 Å². The number of hydrogen-bond acceptors (Lipinski definition) is 10. The number of hydrogen-bond donors (Lipinski definition) is 3. The molecular formula is C38H42N2O10S2. The van der Waals surface area contributed by atoms with E-state index in [1.165, 1.54) is 11.3 Å². The molecule has 0 saturated carbocycles. The summed E-state index contributed by atoms with van der Waals surface area (Å²) in [5.41, 5.74) is 4.90. The maximum Gasteiger partial charge on any atom is 0.335 e. The maximum atomic E-state index is 13.7. The third-order valence-electron chi connectivity index (χ3n) is 8.23. The molecule has 1 heterocycles. The van der Waals surface area contributed by atoms with Crippen LogP contribution >= 0.6 is 11.3 Å². The highest BCUT2D eigenvalue weighted by Gasteiger charge is 2.27. The largest absolute Gasteiger partial charge is 0.491 e. The molecule has 0 fully saturated rings. The summed E-state index contributed by atoms with van der Waals surface area (Å²) in [5.74, 6) is -1.08. The lowest BCUT2D eigenvalue weighted by atomic mass is 9.95. The van der Waals surface area contributed by atoms with Crippen molar-refractivity contribution in [2.24, 2.45) is 0 Å². The second-order valence-corrected chi connectivity index (χ2v) is 14.9. The van der Waals surface area contributed by atoms with Crippen molar-refractivity contribution in [1.29, 1.82) is 0 Å². The van der Waals surface area contributed by atoms with E-state index >= 15 is 0 Å². The molecule has 5 rings (SSSR count). The van der Waals surface area contributed by atoms with Crippen LogP contribution in [0.15, 0.2) is 72.8 Å².